The minimum atomic E-state index is -3.71. The Balaban J connectivity index is 1.50. The summed E-state index contributed by atoms with van der Waals surface area (Å²) in [7, 11) is -2.12. The number of methoxy groups -OCH3 is 1. The third-order valence-electron chi connectivity index (χ3n) is 4.46. The smallest absolute Gasteiger partial charge is 0.261 e. The van der Waals surface area contributed by atoms with Gasteiger partial charge in [-0.25, -0.2) is 8.42 Å². The van der Waals surface area contributed by atoms with Gasteiger partial charge < -0.3 is 14.8 Å². The van der Waals surface area contributed by atoms with Crippen LogP contribution in [0.5, 0.6) is 11.5 Å². The third-order valence-corrected chi connectivity index (χ3v) is 5.85. The van der Waals surface area contributed by atoms with E-state index >= 15 is 0 Å². The summed E-state index contributed by atoms with van der Waals surface area (Å²) in [6, 6.07) is 20.3. The van der Waals surface area contributed by atoms with E-state index in [0.717, 1.165) is 16.9 Å². The van der Waals surface area contributed by atoms with E-state index in [1.54, 1.807) is 19.2 Å². The second-order valence-electron chi connectivity index (χ2n) is 6.86. The van der Waals surface area contributed by atoms with Crippen molar-refractivity contribution < 1.29 is 22.7 Å². The number of carbonyl (C=O) groups is 1. The second-order valence-corrected chi connectivity index (χ2v) is 8.54. The van der Waals surface area contributed by atoms with Crippen LogP contribution in [0.25, 0.3) is 0 Å². The summed E-state index contributed by atoms with van der Waals surface area (Å²) in [4.78, 5) is 12.1. The molecule has 0 aliphatic rings. The fraction of sp³-hybridized carbons (Fsp3) is 0.174. The zero-order valence-corrected chi connectivity index (χ0v) is 18.1. The van der Waals surface area contributed by atoms with Crippen molar-refractivity contribution in [3.8, 4) is 11.5 Å². The van der Waals surface area contributed by atoms with Crippen LogP contribution in [-0.2, 0) is 21.4 Å². The molecule has 3 rings (SSSR count). The van der Waals surface area contributed by atoms with E-state index in [0.29, 0.717) is 18.0 Å². The lowest BCUT2D eigenvalue weighted by Gasteiger charge is -2.10. The lowest BCUT2D eigenvalue weighted by Crippen LogP contribution is -2.28. The Kier molecular flexibility index (Phi) is 7.15. The van der Waals surface area contributed by atoms with Crippen LogP contribution >= 0.6 is 0 Å². The normalized spacial score (nSPS) is 10.9. The summed E-state index contributed by atoms with van der Waals surface area (Å²) in [5.41, 5.74) is 2.46. The maximum Gasteiger partial charge on any atom is 0.261 e. The number of nitrogens with one attached hydrogen (secondary N) is 2. The summed E-state index contributed by atoms with van der Waals surface area (Å²) in [6.45, 7) is 2.12. The Bertz CT molecular complexity index is 1110. The van der Waals surface area contributed by atoms with Gasteiger partial charge in [0.2, 0.25) is 0 Å². The van der Waals surface area contributed by atoms with Crippen LogP contribution in [0.4, 0.5) is 5.69 Å². The first-order valence-electron chi connectivity index (χ1n) is 9.58. The Morgan fingerprint density at radius 3 is 2.10 bits per heavy atom. The van der Waals surface area contributed by atoms with E-state index in [1.165, 1.54) is 24.3 Å². The molecule has 0 spiro atoms. The highest BCUT2D eigenvalue weighted by atomic mass is 32.2. The van der Waals surface area contributed by atoms with Gasteiger partial charge in [0.05, 0.1) is 12.0 Å². The van der Waals surface area contributed by atoms with Gasteiger partial charge in [-0.2, -0.15) is 0 Å². The molecule has 7 nitrogen and oxygen atoms in total. The monoisotopic (exact) mass is 440 g/mol. The Labute approximate surface area is 182 Å². The average molecular weight is 441 g/mol. The predicted molar refractivity (Wildman–Crippen MR) is 119 cm³/mol. The Morgan fingerprint density at radius 2 is 1.48 bits per heavy atom. The number of hydrogen-bond acceptors (Lipinski definition) is 5. The molecule has 0 aromatic heterocycles. The average Bonchev–Trinajstić information content (AvgIpc) is 2.78. The van der Waals surface area contributed by atoms with E-state index in [-0.39, 0.29) is 17.4 Å². The van der Waals surface area contributed by atoms with E-state index in [9.17, 15) is 13.2 Å². The molecule has 0 heterocycles. The molecule has 0 unspecified atom stereocenters. The predicted octanol–water partition coefficient (Wildman–Crippen LogP) is 3.50. The molecule has 31 heavy (non-hydrogen) atoms. The molecule has 0 saturated carbocycles. The van der Waals surface area contributed by atoms with Crippen LogP contribution in [0.1, 0.15) is 11.1 Å². The first-order valence-corrected chi connectivity index (χ1v) is 11.1. The Morgan fingerprint density at radius 1 is 0.871 bits per heavy atom. The number of amides is 1. The van der Waals surface area contributed by atoms with Crippen molar-refractivity contribution in [3.63, 3.8) is 0 Å². The number of ether oxygens (including phenoxy) is 2. The van der Waals surface area contributed by atoms with E-state index in [2.05, 4.69) is 10.0 Å². The number of aryl methyl sites for hydroxylation is 1. The summed E-state index contributed by atoms with van der Waals surface area (Å²) in [5.74, 6) is 0.861. The molecule has 0 fully saturated rings. The number of carbonyl (C=O) groups excluding carboxylic acids is 1. The van der Waals surface area contributed by atoms with Gasteiger partial charge in [0.1, 0.15) is 11.5 Å². The molecule has 0 bridgehead atoms. The standard InChI is InChI=1S/C23H24N2O5S/c1-17-3-7-19(8-4-17)25-31(27,28)22-13-11-21(12-14-22)30-16-23(26)24-15-18-5-9-20(29-2)10-6-18/h3-14,25H,15-16H2,1-2H3,(H,24,26). The van der Waals surface area contributed by atoms with Crippen LogP contribution in [0, 0.1) is 6.92 Å². The first kappa shape index (κ1) is 22.2. The highest BCUT2D eigenvalue weighted by molar-refractivity contribution is 7.92. The highest BCUT2D eigenvalue weighted by Gasteiger charge is 2.14. The van der Waals surface area contributed by atoms with Crippen LogP contribution in [0.3, 0.4) is 0 Å². The molecule has 0 aliphatic heterocycles. The highest BCUT2D eigenvalue weighted by Crippen LogP contribution is 2.19. The van der Waals surface area contributed by atoms with E-state index in [4.69, 9.17) is 9.47 Å². The number of rotatable bonds is 9. The largest absolute Gasteiger partial charge is 0.497 e. The van der Waals surface area contributed by atoms with E-state index in [1.807, 2.05) is 43.3 Å². The molecule has 2 N–H and O–H groups in total. The lowest BCUT2D eigenvalue weighted by molar-refractivity contribution is -0.123. The maximum atomic E-state index is 12.5. The summed E-state index contributed by atoms with van der Waals surface area (Å²) in [6.07, 6.45) is 0. The van der Waals surface area contributed by atoms with Crippen molar-refractivity contribution >= 4 is 21.6 Å². The summed E-state index contributed by atoms with van der Waals surface area (Å²) in [5, 5.41) is 2.76. The molecule has 0 saturated heterocycles. The van der Waals surface area contributed by atoms with Crippen LogP contribution in [-0.4, -0.2) is 28.0 Å². The number of anilines is 1. The minimum Gasteiger partial charge on any atom is -0.497 e. The maximum absolute atomic E-state index is 12.5. The van der Waals surface area contributed by atoms with Gasteiger partial charge in [-0.1, -0.05) is 29.8 Å². The number of benzene rings is 3. The number of hydrogen-bond donors (Lipinski definition) is 2. The van der Waals surface area contributed by atoms with Crippen molar-refractivity contribution in [2.45, 2.75) is 18.4 Å². The second kappa shape index (κ2) is 9.99. The number of sulfonamides is 1. The van der Waals surface area contributed by atoms with Crippen molar-refractivity contribution in [1.82, 2.24) is 5.32 Å². The Hall–Kier alpha value is -3.52. The lowest BCUT2D eigenvalue weighted by atomic mass is 10.2. The topological polar surface area (TPSA) is 93.7 Å². The van der Waals surface area contributed by atoms with E-state index < -0.39 is 10.0 Å². The first-order chi connectivity index (χ1) is 14.9. The fourth-order valence-corrected chi connectivity index (χ4v) is 3.75. The zero-order chi connectivity index (χ0) is 22.3. The zero-order valence-electron chi connectivity index (χ0n) is 17.3. The molecular weight excluding hydrogens is 416 g/mol. The molecule has 0 aliphatic carbocycles. The fourth-order valence-electron chi connectivity index (χ4n) is 2.69. The van der Waals surface area contributed by atoms with Gasteiger partial charge in [-0.15, -0.1) is 0 Å². The molecule has 162 valence electrons. The molecule has 3 aromatic rings. The van der Waals surface area contributed by atoms with Crippen molar-refractivity contribution in [1.29, 1.82) is 0 Å². The SMILES string of the molecule is COc1ccc(CNC(=O)COc2ccc(S(=O)(=O)Nc3ccc(C)cc3)cc2)cc1. The van der Waals surface area contributed by atoms with Gasteiger partial charge in [0, 0.05) is 12.2 Å². The van der Waals surface area contributed by atoms with Crippen LogP contribution < -0.4 is 19.5 Å². The molecule has 0 atom stereocenters. The van der Waals surface area contributed by atoms with Gasteiger partial charge in [0.25, 0.3) is 15.9 Å². The summed E-state index contributed by atoms with van der Waals surface area (Å²) >= 11 is 0. The molecule has 3 aromatic carbocycles. The molecule has 0 radical (unpaired) electrons. The summed E-state index contributed by atoms with van der Waals surface area (Å²) < 4.78 is 38.1. The quantitative estimate of drug-likeness (QED) is 0.531. The van der Waals surface area contributed by atoms with Gasteiger partial charge >= 0.3 is 0 Å². The van der Waals surface area contributed by atoms with Crippen molar-refractivity contribution in [3.05, 3.63) is 83.9 Å². The van der Waals surface area contributed by atoms with Gasteiger partial charge in [-0.3, -0.25) is 9.52 Å². The van der Waals surface area contributed by atoms with Crippen LogP contribution in [0.2, 0.25) is 0 Å². The van der Waals surface area contributed by atoms with Crippen LogP contribution in [0.15, 0.2) is 77.7 Å². The van der Waals surface area contributed by atoms with Crippen molar-refractivity contribution in [2.75, 3.05) is 18.4 Å². The minimum absolute atomic E-state index is 0.101. The van der Waals surface area contributed by atoms with Gasteiger partial charge in [-0.05, 0) is 61.0 Å². The van der Waals surface area contributed by atoms with Crippen molar-refractivity contribution in [2.24, 2.45) is 0 Å². The third kappa shape index (κ3) is 6.48. The molecule has 1 amide bonds. The molecular formula is C23H24N2O5S. The van der Waals surface area contributed by atoms with Gasteiger partial charge in [0.15, 0.2) is 6.61 Å². The molecule has 8 heteroatoms.